The van der Waals surface area contributed by atoms with Crippen LogP contribution in [-0.4, -0.2) is 11.8 Å². The van der Waals surface area contributed by atoms with E-state index < -0.39 is 0 Å². The number of halogens is 1. The predicted molar refractivity (Wildman–Crippen MR) is 138 cm³/mol. The Morgan fingerprint density at radius 1 is 1.03 bits per heavy atom. The van der Waals surface area contributed by atoms with Gasteiger partial charge < -0.3 is 10.6 Å². The van der Waals surface area contributed by atoms with E-state index in [1.165, 1.54) is 16.2 Å². The number of carbonyl (C=O) groups excluding carboxylic acids is 2. The van der Waals surface area contributed by atoms with Crippen molar-refractivity contribution >= 4 is 45.4 Å². The van der Waals surface area contributed by atoms with E-state index in [-0.39, 0.29) is 17.2 Å². The van der Waals surface area contributed by atoms with Gasteiger partial charge in [-0.05, 0) is 67.3 Å². The second-order valence-corrected chi connectivity index (χ2v) is 11.3. The molecule has 33 heavy (non-hydrogen) atoms. The van der Waals surface area contributed by atoms with Gasteiger partial charge in [-0.25, -0.2) is 0 Å². The maximum Gasteiger partial charge on any atom is 0.258 e. The largest absolute Gasteiger partial charge is 0.321 e. The molecular weight excluding hydrogens is 452 g/mol. The Kier molecular flexibility index (Phi) is 6.64. The molecule has 0 saturated carbocycles. The molecule has 0 bridgehead atoms. The van der Waals surface area contributed by atoms with Crippen LogP contribution in [0.1, 0.15) is 63.9 Å². The Labute approximate surface area is 204 Å². The second-order valence-electron chi connectivity index (χ2n) is 9.77. The van der Waals surface area contributed by atoms with Crippen LogP contribution in [0.5, 0.6) is 0 Å². The molecule has 0 spiro atoms. The fraction of sp³-hybridized carbons (Fsp3) is 0.333. The third-order valence-corrected chi connectivity index (χ3v) is 7.85. The van der Waals surface area contributed by atoms with Gasteiger partial charge in [-0.3, -0.25) is 9.59 Å². The van der Waals surface area contributed by atoms with E-state index in [1.807, 2.05) is 37.3 Å². The first-order valence-electron chi connectivity index (χ1n) is 11.2. The number of carbonyl (C=O) groups is 2. The highest BCUT2D eigenvalue weighted by atomic mass is 35.5. The highest BCUT2D eigenvalue weighted by Gasteiger charge is 2.34. The van der Waals surface area contributed by atoms with Crippen LogP contribution in [0.15, 0.2) is 48.5 Å². The zero-order valence-corrected chi connectivity index (χ0v) is 21.0. The van der Waals surface area contributed by atoms with Gasteiger partial charge in [0.2, 0.25) is 0 Å². The number of rotatable bonds is 4. The minimum Gasteiger partial charge on any atom is -0.321 e. The normalized spacial score (nSPS) is 15.6. The van der Waals surface area contributed by atoms with E-state index in [0.29, 0.717) is 32.8 Å². The van der Waals surface area contributed by atoms with Gasteiger partial charge in [-0.15, -0.1) is 11.3 Å². The Balaban J connectivity index is 1.70. The van der Waals surface area contributed by atoms with E-state index in [9.17, 15) is 9.59 Å². The van der Waals surface area contributed by atoms with Crippen LogP contribution in [0.3, 0.4) is 0 Å². The van der Waals surface area contributed by atoms with Crippen molar-refractivity contribution in [2.24, 2.45) is 11.3 Å². The monoisotopic (exact) mass is 480 g/mol. The summed E-state index contributed by atoms with van der Waals surface area (Å²) < 4.78 is 0. The zero-order valence-electron chi connectivity index (χ0n) is 19.4. The van der Waals surface area contributed by atoms with Crippen molar-refractivity contribution in [1.82, 2.24) is 0 Å². The van der Waals surface area contributed by atoms with Crippen LogP contribution in [0, 0.1) is 18.3 Å². The van der Waals surface area contributed by atoms with Gasteiger partial charge in [0.25, 0.3) is 11.8 Å². The van der Waals surface area contributed by atoms with Crippen molar-refractivity contribution in [1.29, 1.82) is 0 Å². The summed E-state index contributed by atoms with van der Waals surface area (Å²) in [7, 11) is 0. The fourth-order valence-corrected chi connectivity index (χ4v) is 5.87. The topological polar surface area (TPSA) is 58.2 Å². The van der Waals surface area contributed by atoms with E-state index >= 15 is 0 Å². The number of aryl methyl sites for hydroxylation is 1. The smallest absolute Gasteiger partial charge is 0.258 e. The van der Waals surface area contributed by atoms with Crippen molar-refractivity contribution in [2.45, 2.75) is 47.0 Å². The minimum absolute atomic E-state index is 0.187. The Bertz CT molecular complexity index is 1210. The van der Waals surface area contributed by atoms with Crippen LogP contribution in [0.2, 0.25) is 5.02 Å². The number of hydrogen-bond acceptors (Lipinski definition) is 3. The molecule has 1 aromatic heterocycles. The lowest BCUT2D eigenvalue weighted by atomic mass is 9.72. The van der Waals surface area contributed by atoms with Gasteiger partial charge in [-0.1, -0.05) is 62.2 Å². The van der Waals surface area contributed by atoms with Crippen LogP contribution in [0.25, 0.3) is 0 Å². The van der Waals surface area contributed by atoms with Gasteiger partial charge in [0, 0.05) is 10.4 Å². The summed E-state index contributed by atoms with van der Waals surface area (Å²) in [4.78, 5) is 27.7. The molecule has 1 aliphatic rings. The molecule has 0 aliphatic heterocycles. The van der Waals surface area contributed by atoms with Gasteiger partial charge in [0.15, 0.2) is 0 Å². The molecule has 2 aromatic carbocycles. The van der Waals surface area contributed by atoms with Crippen molar-refractivity contribution in [3.63, 3.8) is 0 Å². The average molecular weight is 481 g/mol. The van der Waals surface area contributed by atoms with Crippen LogP contribution < -0.4 is 10.6 Å². The molecule has 1 aliphatic carbocycles. The second kappa shape index (κ2) is 9.32. The van der Waals surface area contributed by atoms with E-state index in [1.54, 1.807) is 18.2 Å². The number of benzene rings is 2. The SMILES string of the molecule is Cc1cccc(C(=O)Nc2sc3c(c2C(=O)Nc2ccccc2Cl)CCC(C(C)(C)C)C3)c1. The molecular formula is C27H29ClN2O2S. The molecule has 3 aromatic rings. The highest BCUT2D eigenvalue weighted by molar-refractivity contribution is 7.17. The van der Waals surface area contributed by atoms with Gasteiger partial charge >= 0.3 is 0 Å². The molecule has 0 radical (unpaired) electrons. The predicted octanol–water partition coefficient (Wildman–Crippen LogP) is 7.37. The lowest BCUT2D eigenvalue weighted by Crippen LogP contribution is -2.27. The lowest BCUT2D eigenvalue weighted by Gasteiger charge is -2.33. The number of fused-ring (bicyclic) bond motifs is 1. The number of para-hydroxylation sites is 1. The molecule has 4 nitrogen and oxygen atoms in total. The van der Waals surface area contributed by atoms with E-state index in [4.69, 9.17) is 11.6 Å². The van der Waals surface area contributed by atoms with E-state index in [2.05, 4.69) is 31.4 Å². The molecule has 1 atom stereocenters. The molecule has 2 N–H and O–H groups in total. The summed E-state index contributed by atoms with van der Waals surface area (Å²) in [6, 6.07) is 14.6. The molecule has 6 heteroatoms. The maximum atomic E-state index is 13.5. The molecule has 1 unspecified atom stereocenters. The first kappa shape index (κ1) is 23.5. The highest BCUT2D eigenvalue weighted by Crippen LogP contribution is 2.44. The first-order valence-corrected chi connectivity index (χ1v) is 12.4. The quantitative estimate of drug-likeness (QED) is 0.409. The Hall–Kier alpha value is -2.63. The van der Waals surface area contributed by atoms with Crippen molar-refractivity contribution in [3.8, 4) is 0 Å². The number of anilines is 2. The van der Waals surface area contributed by atoms with Crippen molar-refractivity contribution < 1.29 is 9.59 Å². The van der Waals surface area contributed by atoms with Gasteiger partial charge in [0.1, 0.15) is 5.00 Å². The summed E-state index contributed by atoms with van der Waals surface area (Å²) in [6.07, 6.45) is 2.75. The minimum atomic E-state index is -0.241. The third-order valence-electron chi connectivity index (χ3n) is 6.35. The van der Waals surface area contributed by atoms with Crippen LogP contribution >= 0.6 is 22.9 Å². The maximum absolute atomic E-state index is 13.5. The molecule has 2 amide bonds. The average Bonchev–Trinajstić information content (AvgIpc) is 3.11. The molecule has 0 saturated heterocycles. The molecule has 1 heterocycles. The molecule has 172 valence electrons. The standard InChI is InChI=1S/C27H29ClN2O2S/c1-16-8-7-9-17(14-16)24(31)30-26-23(25(32)29-21-11-6-5-10-20(21)28)19-13-12-18(27(2,3)4)15-22(19)33-26/h5-11,14,18H,12-13,15H2,1-4H3,(H,29,32)(H,30,31). The Morgan fingerprint density at radius 3 is 2.48 bits per heavy atom. The summed E-state index contributed by atoms with van der Waals surface area (Å²) in [5.74, 6) is 0.0780. The van der Waals surface area contributed by atoms with Crippen LogP contribution in [0.4, 0.5) is 10.7 Å². The molecule has 0 fully saturated rings. The summed E-state index contributed by atoms with van der Waals surface area (Å²) >= 11 is 7.81. The first-order chi connectivity index (χ1) is 15.6. The van der Waals surface area contributed by atoms with Crippen molar-refractivity contribution in [2.75, 3.05) is 10.6 Å². The number of thiophene rings is 1. The third kappa shape index (κ3) is 5.15. The summed E-state index contributed by atoms with van der Waals surface area (Å²) in [5.41, 5.74) is 3.94. The van der Waals surface area contributed by atoms with Gasteiger partial charge in [0.05, 0.1) is 16.3 Å². The number of hydrogen-bond donors (Lipinski definition) is 2. The number of amides is 2. The summed E-state index contributed by atoms with van der Waals surface area (Å²) in [6.45, 7) is 8.75. The van der Waals surface area contributed by atoms with Crippen molar-refractivity contribution in [3.05, 3.63) is 80.7 Å². The number of nitrogens with one attached hydrogen (secondary N) is 2. The van der Waals surface area contributed by atoms with E-state index in [0.717, 1.165) is 30.4 Å². The van der Waals surface area contributed by atoms with Crippen LogP contribution in [-0.2, 0) is 12.8 Å². The summed E-state index contributed by atoms with van der Waals surface area (Å²) in [5, 5.41) is 7.07. The Morgan fingerprint density at radius 2 is 1.79 bits per heavy atom. The molecule has 4 rings (SSSR count). The van der Waals surface area contributed by atoms with Gasteiger partial charge in [-0.2, -0.15) is 0 Å². The lowest BCUT2D eigenvalue weighted by molar-refractivity contribution is 0.102. The fourth-order valence-electron chi connectivity index (χ4n) is 4.36. The zero-order chi connectivity index (χ0) is 23.8.